The molecule has 0 atom stereocenters. The Morgan fingerprint density at radius 3 is 1.81 bits per heavy atom. The Labute approximate surface area is 322 Å². The molecule has 0 aliphatic rings. The molecule has 0 spiro atoms. The fourth-order valence-corrected chi connectivity index (χ4v) is 6.42. The number of benzene rings is 2. The lowest BCUT2D eigenvalue weighted by molar-refractivity contribution is -0.274. The zero-order chi connectivity index (χ0) is 41.5. The van der Waals surface area contributed by atoms with Crippen LogP contribution in [0.1, 0.15) is 11.4 Å². The molecule has 24 heteroatoms. The van der Waals surface area contributed by atoms with Gasteiger partial charge in [0.25, 0.3) is 10.0 Å². The Hall–Kier alpha value is -5.75. The number of alkyl halides is 7. The quantitative estimate of drug-likeness (QED) is 0.0720. The maximum absolute atomic E-state index is 13.1. The standard InChI is InChI=1S/C17H16F4N4O5S.C16H14F3N3O3S/c1-28-13-5-9(22-8-14(13)29-2)7-23-31(26,27)16-24-11-4-3-10(6-12(11)25-16)30-17(20,21)15(18)19;1-23-13-5-9(20-7-14(13)24-2)8-26-15-21-11-4-3-10(6-12(11)22-15)25-16(17,18)19/h3-6,8,15,23H,7H2,1-2H3,(H,24,25);3-7H,8H2,1-2H3,(H,21,22). The van der Waals surface area contributed by atoms with Gasteiger partial charge in [0.1, 0.15) is 11.5 Å². The number of sulfonamides is 1. The van der Waals surface area contributed by atoms with Crippen molar-refractivity contribution < 1.29 is 67.6 Å². The molecule has 6 aromatic rings. The Bertz CT molecular complexity index is 2430. The summed E-state index contributed by atoms with van der Waals surface area (Å²) in [7, 11) is 1.75. The van der Waals surface area contributed by atoms with Crippen LogP contribution in [-0.4, -0.2) is 85.7 Å². The predicted octanol–water partition coefficient (Wildman–Crippen LogP) is 6.86. The molecule has 15 nitrogen and oxygen atoms in total. The molecule has 0 radical (unpaired) electrons. The minimum atomic E-state index is -4.73. The molecule has 0 amide bonds. The van der Waals surface area contributed by atoms with Gasteiger partial charge in [0, 0.05) is 30.0 Å². The van der Waals surface area contributed by atoms with Gasteiger partial charge in [-0.25, -0.2) is 23.1 Å². The van der Waals surface area contributed by atoms with Crippen LogP contribution in [0.4, 0.5) is 30.7 Å². The largest absolute Gasteiger partial charge is 0.573 e. The fourth-order valence-electron chi connectivity index (χ4n) is 4.70. The first kappa shape index (κ1) is 42.4. The van der Waals surface area contributed by atoms with E-state index < -0.39 is 39.8 Å². The van der Waals surface area contributed by atoms with E-state index in [-0.39, 0.29) is 23.3 Å². The summed E-state index contributed by atoms with van der Waals surface area (Å²) in [5.74, 6) is 1.41. The maximum Gasteiger partial charge on any atom is 0.573 e. The predicted molar refractivity (Wildman–Crippen MR) is 189 cm³/mol. The molecular formula is C33H30F7N7O8S2. The van der Waals surface area contributed by atoms with Gasteiger partial charge < -0.3 is 38.4 Å². The Morgan fingerprint density at radius 1 is 0.719 bits per heavy atom. The van der Waals surface area contributed by atoms with Crippen molar-refractivity contribution in [3.63, 3.8) is 0 Å². The average Bonchev–Trinajstić information content (AvgIpc) is 3.79. The highest BCUT2D eigenvalue weighted by Crippen LogP contribution is 2.32. The number of aromatic amines is 2. The SMILES string of the molecule is COc1cnc(CNS(=O)(=O)c2nc3ccc(OC(F)(F)C(F)F)cc3[nH]2)cc1OC.COc1cnc(CSc2nc3ccc(OC(F)(F)F)cc3[nH]2)cc1OC. The summed E-state index contributed by atoms with van der Waals surface area (Å²) in [6, 6.07) is 10.2. The Balaban J connectivity index is 0.000000221. The Morgan fingerprint density at radius 2 is 1.25 bits per heavy atom. The molecule has 3 N–H and O–H groups in total. The Kier molecular flexibility index (Phi) is 13.1. The van der Waals surface area contributed by atoms with Gasteiger partial charge in [0.2, 0.25) is 5.16 Å². The van der Waals surface area contributed by atoms with Crippen LogP contribution in [-0.2, 0) is 22.3 Å². The number of methoxy groups -OCH3 is 4. The third kappa shape index (κ3) is 11.0. The van der Waals surface area contributed by atoms with Crippen LogP contribution in [0, 0.1) is 0 Å². The number of aromatic nitrogens is 6. The molecule has 0 bridgehead atoms. The highest BCUT2D eigenvalue weighted by molar-refractivity contribution is 7.98. The van der Waals surface area contributed by atoms with Gasteiger partial charge in [-0.05, 0) is 24.3 Å². The van der Waals surface area contributed by atoms with E-state index >= 15 is 0 Å². The van der Waals surface area contributed by atoms with Crippen molar-refractivity contribution in [1.29, 1.82) is 0 Å². The normalized spacial score (nSPS) is 12.0. The molecule has 0 fully saturated rings. The van der Waals surface area contributed by atoms with Crippen LogP contribution < -0.4 is 33.1 Å². The van der Waals surface area contributed by atoms with Gasteiger partial charge in [-0.15, -0.1) is 13.2 Å². The molecule has 6 rings (SSSR count). The van der Waals surface area contributed by atoms with Gasteiger partial charge in [0.15, 0.2) is 28.2 Å². The maximum atomic E-state index is 13.1. The monoisotopic (exact) mass is 849 g/mol. The average molecular weight is 850 g/mol. The third-order valence-electron chi connectivity index (χ3n) is 7.32. The summed E-state index contributed by atoms with van der Waals surface area (Å²) in [6.45, 7) is -0.214. The van der Waals surface area contributed by atoms with Crippen molar-refractivity contribution in [2.24, 2.45) is 0 Å². The zero-order valence-electron chi connectivity index (χ0n) is 29.8. The number of rotatable bonds is 15. The minimum Gasteiger partial charge on any atom is -0.493 e. The minimum absolute atomic E-state index is 0.00724. The second-order valence-electron chi connectivity index (χ2n) is 11.1. The molecule has 57 heavy (non-hydrogen) atoms. The van der Waals surface area contributed by atoms with Crippen LogP contribution in [0.3, 0.4) is 0 Å². The van der Waals surface area contributed by atoms with E-state index in [4.69, 9.17) is 18.9 Å². The number of imidazole rings is 2. The molecular weight excluding hydrogens is 820 g/mol. The van der Waals surface area contributed by atoms with Crippen molar-refractivity contribution in [2.45, 2.75) is 41.5 Å². The van der Waals surface area contributed by atoms with E-state index in [1.807, 2.05) is 0 Å². The van der Waals surface area contributed by atoms with Crippen molar-refractivity contribution in [2.75, 3.05) is 28.4 Å². The molecule has 0 aliphatic carbocycles. The van der Waals surface area contributed by atoms with E-state index in [0.717, 1.165) is 23.9 Å². The second kappa shape index (κ2) is 17.6. The molecule has 4 heterocycles. The van der Waals surface area contributed by atoms with E-state index in [2.05, 4.69) is 44.1 Å². The smallest absolute Gasteiger partial charge is 0.493 e. The van der Waals surface area contributed by atoms with Crippen LogP contribution in [0.5, 0.6) is 34.5 Å². The number of hydrogen-bond donors (Lipinski definition) is 3. The zero-order valence-corrected chi connectivity index (χ0v) is 31.4. The third-order valence-corrected chi connectivity index (χ3v) is 9.45. The summed E-state index contributed by atoms with van der Waals surface area (Å²) in [4.78, 5) is 21.9. The van der Waals surface area contributed by atoms with Crippen molar-refractivity contribution >= 4 is 43.9 Å². The number of nitrogens with zero attached hydrogens (tertiary/aromatic N) is 4. The van der Waals surface area contributed by atoms with Crippen LogP contribution in [0.2, 0.25) is 0 Å². The van der Waals surface area contributed by atoms with Crippen LogP contribution in [0.15, 0.2) is 71.2 Å². The van der Waals surface area contributed by atoms with Gasteiger partial charge >= 0.3 is 18.9 Å². The van der Waals surface area contributed by atoms with Gasteiger partial charge in [-0.1, -0.05) is 11.8 Å². The van der Waals surface area contributed by atoms with Crippen molar-refractivity contribution in [3.8, 4) is 34.5 Å². The number of hydrogen-bond acceptors (Lipinski definition) is 13. The van der Waals surface area contributed by atoms with Gasteiger partial charge in [0.05, 0.1) is 80.8 Å². The lowest BCUT2D eigenvalue weighted by Crippen LogP contribution is -2.33. The molecule has 0 saturated heterocycles. The molecule has 0 saturated carbocycles. The first-order chi connectivity index (χ1) is 26.9. The van der Waals surface area contributed by atoms with Crippen LogP contribution >= 0.6 is 11.8 Å². The van der Waals surface area contributed by atoms with E-state index in [1.54, 1.807) is 12.3 Å². The molecule has 2 aromatic carbocycles. The summed E-state index contributed by atoms with van der Waals surface area (Å²) >= 11 is 1.36. The number of H-pyrrole nitrogens is 2. The number of fused-ring (bicyclic) bond motifs is 2. The summed E-state index contributed by atoms with van der Waals surface area (Å²) < 4.78 is 143. The lowest BCUT2D eigenvalue weighted by Gasteiger charge is -2.16. The first-order valence-corrected chi connectivity index (χ1v) is 18.3. The number of pyridine rings is 2. The van der Waals surface area contributed by atoms with E-state index in [9.17, 15) is 39.2 Å². The molecule has 4 aromatic heterocycles. The van der Waals surface area contributed by atoms with E-state index in [0.29, 0.717) is 50.6 Å². The second-order valence-corrected chi connectivity index (χ2v) is 13.8. The van der Waals surface area contributed by atoms with Gasteiger partial charge in [-0.2, -0.15) is 17.6 Å². The molecule has 0 aliphatic heterocycles. The highest BCUT2D eigenvalue weighted by Gasteiger charge is 2.44. The fraction of sp³-hybridized carbons (Fsp3) is 0.273. The summed E-state index contributed by atoms with van der Waals surface area (Å²) in [5.41, 5.74) is 2.15. The summed E-state index contributed by atoms with van der Waals surface area (Å²) in [5, 5.41) is 0.0430. The summed E-state index contributed by atoms with van der Waals surface area (Å²) in [6.07, 6.45) is -10.5. The van der Waals surface area contributed by atoms with Crippen molar-refractivity contribution in [3.05, 3.63) is 72.3 Å². The molecule has 0 unspecified atom stereocenters. The van der Waals surface area contributed by atoms with Crippen LogP contribution in [0.25, 0.3) is 22.1 Å². The van der Waals surface area contributed by atoms with Gasteiger partial charge in [-0.3, -0.25) is 9.97 Å². The highest BCUT2D eigenvalue weighted by atomic mass is 32.2. The van der Waals surface area contributed by atoms with Crippen molar-refractivity contribution in [1.82, 2.24) is 34.6 Å². The topological polar surface area (TPSA) is 185 Å². The number of halogens is 7. The number of ether oxygens (including phenoxy) is 6. The van der Waals surface area contributed by atoms with E-state index in [1.165, 1.54) is 70.7 Å². The first-order valence-electron chi connectivity index (χ1n) is 15.8. The number of thioether (sulfide) groups is 1. The number of nitrogens with one attached hydrogen (secondary N) is 3. The molecule has 306 valence electrons. The lowest BCUT2D eigenvalue weighted by atomic mass is 10.3.